The van der Waals surface area contributed by atoms with Crippen LogP contribution in [0.1, 0.15) is 20.3 Å². The molecule has 0 aliphatic rings. The van der Waals surface area contributed by atoms with Gasteiger partial charge in [0.25, 0.3) is 5.69 Å². The first-order valence-electron chi connectivity index (χ1n) is 5.80. The molecule has 1 aromatic carbocycles. The SMILES string of the molecule is CC(C)C(N)CC(=O)Nc1ccc(Cl)c([N+](=O)[O-])c1. The third kappa shape index (κ3) is 4.50. The number of halogens is 1. The van der Waals surface area contributed by atoms with Crippen LogP contribution in [0.4, 0.5) is 11.4 Å². The molecule has 0 saturated carbocycles. The largest absolute Gasteiger partial charge is 0.327 e. The molecule has 1 unspecified atom stereocenters. The Labute approximate surface area is 116 Å². The van der Waals surface area contributed by atoms with Crippen LogP contribution in [0.2, 0.25) is 5.02 Å². The van der Waals surface area contributed by atoms with E-state index in [2.05, 4.69) is 5.32 Å². The molecule has 1 aromatic rings. The molecule has 0 saturated heterocycles. The average molecular weight is 286 g/mol. The van der Waals surface area contributed by atoms with Gasteiger partial charge in [0.1, 0.15) is 5.02 Å². The monoisotopic (exact) mass is 285 g/mol. The van der Waals surface area contributed by atoms with Crippen LogP contribution in [0.5, 0.6) is 0 Å². The summed E-state index contributed by atoms with van der Waals surface area (Å²) in [4.78, 5) is 21.8. The van der Waals surface area contributed by atoms with E-state index in [0.29, 0.717) is 5.69 Å². The number of hydrogen-bond donors (Lipinski definition) is 2. The second-order valence-corrected chi connectivity index (χ2v) is 4.99. The zero-order chi connectivity index (χ0) is 14.6. The van der Waals surface area contributed by atoms with E-state index in [1.807, 2.05) is 13.8 Å². The fourth-order valence-corrected chi connectivity index (χ4v) is 1.58. The van der Waals surface area contributed by atoms with Gasteiger partial charge in [-0.05, 0) is 18.1 Å². The number of nitro groups is 1. The van der Waals surface area contributed by atoms with Crippen LogP contribution in [-0.2, 0) is 4.79 Å². The van der Waals surface area contributed by atoms with Crippen LogP contribution in [0.25, 0.3) is 0 Å². The van der Waals surface area contributed by atoms with Crippen molar-refractivity contribution < 1.29 is 9.72 Å². The highest BCUT2D eigenvalue weighted by atomic mass is 35.5. The van der Waals surface area contributed by atoms with Crippen molar-refractivity contribution >= 4 is 28.9 Å². The molecule has 0 fully saturated rings. The number of benzene rings is 1. The van der Waals surface area contributed by atoms with Crippen molar-refractivity contribution in [1.29, 1.82) is 0 Å². The lowest BCUT2D eigenvalue weighted by Crippen LogP contribution is -2.31. The molecule has 0 aliphatic heterocycles. The summed E-state index contributed by atoms with van der Waals surface area (Å²) in [6, 6.07) is 3.86. The van der Waals surface area contributed by atoms with E-state index in [4.69, 9.17) is 17.3 Å². The first-order chi connectivity index (χ1) is 8.81. The summed E-state index contributed by atoms with van der Waals surface area (Å²) >= 11 is 5.68. The summed E-state index contributed by atoms with van der Waals surface area (Å²) in [5.41, 5.74) is 5.87. The highest BCUT2D eigenvalue weighted by Gasteiger charge is 2.16. The number of nitrogens with one attached hydrogen (secondary N) is 1. The number of rotatable bonds is 5. The van der Waals surface area contributed by atoms with Crippen LogP contribution < -0.4 is 11.1 Å². The number of nitrogens with zero attached hydrogens (tertiary/aromatic N) is 1. The van der Waals surface area contributed by atoms with Crippen LogP contribution in [-0.4, -0.2) is 16.9 Å². The van der Waals surface area contributed by atoms with Crippen molar-refractivity contribution in [3.8, 4) is 0 Å². The van der Waals surface area contributed by atoms with Crippen molar-refractivity contribution in [1.82, 2.24) is 0 Å². The average Bonchev–Trinajstić information content (AvgIpc) is 2.30. The van der Waals surface area contributed by atoms with E-state index in [1.54, 1.807) is 0 Å². The maximum absolute atomic E-state index is 11.7. The highest BCUT2D eigenvalue weighted by Crippen LogP contribution is 2.27. The fourth-order valence-electron chi connectivity index (χ4n) is 1.39. The summed E-state index contributed by atoms with van der Waals surface area (Å²) < 4.78 is 0. The first kappa shape index (κ1) is 15.4. The summed E-state index contributed by atoms with van der Waals surface area (Å²) in [7, 11) is 0. The molecule has 1 atom stereocenters. The van der Waals surface area contributed by atoms with Crippen LogP contribution in [0.15, 0.2) is 18.2 Å². The molecule has 0 radical (unpaired) electrons. The van der Waals surface area contributed by atoms with Gasteiger partial charge in [0.05, 0.1) is 4.92 Å². The second kappa shape index (κ2) is 6.49. The fraction of sp³-hybridized carbons (Fsp3) is 0.417. The molecule has 0 bridgehead atoms. The van der Waals surface area contributed by atoms with E-state index >= 15 is 0 Å². The number of anilines is 1. The van der Waals surface area contributed by atoms with Gasteiger partial charge in [0.2, 0.25) is 5.91 Å². The lowest BCUT2D eigenvalue weighted by atomic mass is 10.0. The summed E-state index contributed by atoms with van der Waals surface area (Å²) in [5.74, 6) is -0.0943. The predicted octanol–water partition coefficient (Wildman–Crippen LogP) is 2.56. The standard InChI is InChI=1S/C12H16ClN3O3/c1-7(2)10(14)6-12(17)15-8-3-4-9(13)11(5-8)16(18)19/h3-5,7,10H,6,14H2,1-2H3,(H,15,17). The Bertz CT molecular complexity index is 491. The molecular formula is C12H16ClN3O3. The maximum atomic E-state index is 11.7. The lowest BCUT2D eigenvalue weighted by molar-refractivity contribution is -0.384. The van der Waals surface area contributed by atoms with Crippen LogP contribution in [0, 0.1) is 16.0 Å². The molecular weight excluding hydrogens is 270 g/mol. The second-order valence-electron chi connectivity index (χ2n) is 4.58. The van der Waals surface area contributed by atoms with E-state index in [9.17, 15) is 14.9 Å². The minimum Gasteiger partial charge on any atom is -0.327 e. The Kier molecular flexibility index (Phi) is 5.26. The maximum Gasteiger partial charge on any atom is 0.289 e. The number of nitrogens with two attached hydrogens (primary N) is 1. The van der Waals surface area contributed by atoms with Crippen molar-refractivity contribution in [3.63, 3.8) is 0 Å². The van der Waals surface area contributed by atoms with Crippen molar-refractivity contribution in [2.24, 2.45) is 11.7 Å². The van der Waals surface area contributed by atoms with Crippen molar-refractivity contribution in [2.45, 2.75) is 26.3 Å². The molecule has 3 N–H and O–H groups in total. The van der Waals surface area contributed by atoms with Crippen LogP contribution in [0.3, 0.4) is 0 Å². The molecule has 0 heterocycles. The molecule has 0 aromatic heterocycles. The van der Waals surface area contributed by atoms with Gasteiger partial charge < -0.3 is 11.1 Å². The summed E-state index contributed by atoms with van der Waals surface area (Å²) in [6.45, 7) is 3.84. The molecule has 19 heavy (non-hydrogen) atoms. The molecule has 0 spiro atoms. The summed E-state index contributed by atoms with van der Waals surface area (Å²) in [6.07, 6.45) is 0.161. The zero-order valence-corrected chi connectivity index (χ0v) is 11.5. The topological polar surface area (TPSA) is 98.3 Å². The van der Waals surface area contributed by atoms with Gasteiger partial charge in [-0.15, -0.1) is 0 Å². The van der Waals surface area contributed by atoms with Crippen LogP contribution >= 0.6 is 11.6 Å². The first-order valence-corrected chi connectivity index (χ1v) is 6.18. The number of amides is 1. The van der Waals surface area contributed by atoms with E-state index in [1.165, 1.54) is 18.2 Å². The van der Waals surface area contributed by atoms with E-state index in [-0.39, 0.29) is 35.0 Å². The number of carbonyl (C=O) groups is 1. The third-order valence-corrected chi connectivity index (χ3v) is 3.02. The van der Waals surface area contributed by atoms with Gasteiger partial charge in [-0.2, -0.15) is 0 Å². The predicted molar refractivity (Wildman–Crippen MR) is 74.2 cm³/mol. The molecule has 1 amide bonds. The van der Waals surface area contributed by atoms with E-state index < -0.39 is 4.92 Å². The van der Waals surface area contributed by atoms with Gasteiger partial charge in [0, 0.05) is 24.2 Å². The highest BCUT2D eigenvalue weighted by molar-refractivity contribution is 6.32. The van der Waals surface area contributed by atoms with Gasteiger partial charge >= 0.3 is 0 Å². The van der Waals surface area contributed by atoms with Crippen molar-refractivity contribution in [2.75, 3.05) is 5.32 Å². The summed E-state index contributed by atoms with van der Waals surface area (Å²) in [5, 5.41) is 13.3. The Balaban J connectivity index is 2.75. The molecule has 0 aliphatic carbocycles. The van der Waals surface area contributed by atoms with Gasteiger partial charge in [-0.1, -0.05) is 25.4 Å². The Morgan fingerprint density at radius 2 is 2.16 bits per heavy atom. The van der Waals surface area contributed by atoms with Gasteiger partial charge in [-0.25, -0.2) is 0 Å². The molecule has 6 nitrogen and oxygen atoms in total. The van der Waals surface area contributed by atoms with E-state index in [0.717, 1.165) is 0 Å². The van der Waals surface area contributed by atoms with Gasteiger partial charge in [-0.3, -0.25) is 14.9 Å². The Morgan fingerprint density at radius 3 is 2.68 bits per heavy atom. The molecule has 7 heteroatoms. The smallest absolute Gasteiger partial charge is 0.289 e. The quantitative estimate of drug-likeness (QED) is 0.641. The lowest BCUT2D eigenvalue weighted by Gasteiger charge is -2.15. The number of nitro benzene ring substituents is 1. The Morgan fingerprint density at radius 1 is 1.53 bits per heavy atom. The van der Waals surface area contributed by atoms with Gasteiger partial charge in [0.15, 0.2) is 0 Å². The number of carbonyl (C=O) groups excluding carboxylic acids is 1. The minimum absolute atomic E-state index is 0.0295. The van der Waals surface area contributed by atoms with Crippen molar-refractivity contribution in [3.05, 3.63) is 33.3 Å². The number of hydrogen-bond acceptors (Lipinski definition) is 4. The third-order valence-electron chi connectivity index (χ3n) is 2.70. The normalized spacial score (nSPS) is 12.3. The molecule has 1 rings (SSSR count). The molecule has 104 valence electrons. The Hall–Kier alpha value is -1.66. The minimum atomic E-state index is -0.599. The zero-order valence-electron chi connectivity index (χ0n) is 10.7.